The van der Waals surface area contributed by atoms with Crippen LogP contribution in [-0.4, -0.2) is 25.6 Å². The van der Waals surface area contributed by atoms with Gasteiger partial charge < -0.3 is 14.5 Å². The maximum Gasteiger partial charge on any atom is 0.110 e. The van der Waals surface area contributed by atoms with Crippen molar-refractivity contribution < 1.29 is 0 Å². The zero-order valence-corrected chi connectivity index (χ0v) is 11.3. The molecule has 5 heteroatoms. The molecule has 2 aromatic heterocycles. The highest BCUT2D eigenvalue weighted by Crippen LogP contribution is 2.15. The monoisotopic (exact) mass is 247 g/mol. The Morgan fingerprint density at radius 1 is 1.33 bits per heavy atom. The van der Waals surface area contributed by atoms with E-state index in [-0.39, 0.29) is 6.04 Å². The number of likely N-dealkylation sites (N-methyl/N-ethyl adjacent to an activating group) is 1. The van der Waals surface area contributed by atoms with E-state index in [0.717, 1.165) is 31.0 Å². The fraction of sp³-hybridized carbons (Fsp3) is 0.538. The van der Waals surface area contributed by atoms with Gasteiger partial charge in [-0.1, -0.05) is 6.92 Å². The first-order chi connectivity index (χ1) is 8.74. The van der Waals surface area contributed by atoms with Gasteiger partial charge in [-0.2, -0.15) is 0 Å². The van der Waals surface area contributed by atoms with Crippen LogP contribution in [0.3, 0.4) is 0 Å². The average Bonchev–Trinajstić information content (AvgIpc) is 2.97. The number of aryl methyl sites for hydroxylation is 2. The lowest BCUT2D eigenvalue weighted by atomic mass is 10.1. The van der Waals surface area contributed by atoms with E-state index in [0.29, 0.717) is 0 Å². The van der Waals surface area contributed by atoms with Gasteiger partial charge in [0, 0.05) is 38.6 Å². The molecule has 0 bridgehead atoms. The van der Waals surface area contributed by atoms with Crippen LogP contribution in [0.15, 0.2) is 24.9 Å². The molecule has 0 saturated carbocycles. The summed E-state index contributed by atoms with van der Waals surface area (Å²) in [6, 6.07) is 0.226. The lowest BCUT2D eigenvalue weighted by Crippen LogP contribution is -2.24. The van der Waals surface area contributed by atoms with Crippen molar-refractivity contribution in [3.8, 4) is 0 Å². The first kappa shape index (κ1) is 12.8. The van der Waals surface area contributed by atoms with Crippen molar-refractivity contribution in [1.82, 2.24) is 24.4 Å². The van der Waals surface area contributed by atoms with Crippen LogP contribution in [0.5, 0.6) is 0 Å². The Morgan fingerprint density at radius 2 is 2.17 bits per heavy atom. The average molecular weight is 247 g/mol. The minimum absolute atomic E-state index is 0.226. The molecule has 0 fully saturated rings. The Morgan fingerprint density at radius 3 is 2.78 bits per heavy atom. The molecule has 0 aromatic carbocycles. The van der Waals surface area contributed by atoms with E-state index in [2.05, 4.69) is 39.9 Å². The quantitative estimate of drug-likeness (QED) is 0.842. The molecule has 18 heavy (non-hydrogen) atoms. The van der Waals surface area contributed by atoms with E-state index in [9.17, 15) is 0 Å². The Labute approximate surface area is 108 Å². The first-order valence-electron chi connectivity index (χ1n) is 6.45. The minimum Gasteiger partial charge on any atom is -0.340 e. The molecule has 0 aliphatic heterocycles. The van der Waals surface area contributed by atoms with E-state index >= 15 is 0 Å². The number of nitrogens with zero attached hydrogens (tertiary/aromatic N) is 4. The van der Waals surface area contributed by atoms with Crippen LogP contribution in [-0.2, 0) is 20.0 Å². The molecule has 1 N–H and O–H groups in total. The Bertz CT molecular complexity index is 485. The highest BCUT2D eigenvalue weighted by atomic mass is 15.1. The Kier molecular flexibility index (Phi) is 4.15. The van der Waals surface area contributed by atoms with Crippen molar-refractivity contribution in [2.24, 2.45) is 7.05 Å². The van der Waals surface area contributed by atoms with Crippen LogP contribution < -0.4 is 5.32 Å². The zero-order valence-electron chi connectivity index (χ0n) is 11.3. The standard InChI is InChI=1S/C13H21N5/c1-4-14-11(12-9-17(3)10-16-12)8-13-15-6-7-18(13)5-2/h6-7,9-11,14H,4-5,8H2,1-3H3. The molecule has 0 aliphatic carbocycles. The number of rotatable bonds is 6. The zero-order chi connectivity index (χ0) is 13.0. The summed E-state index contributed by atoms with van der Waals surface area (Å²) < 4.78 is 4.15. The maximum absolute atomic E-state index is 4.43. The van der Waals surface area contributed by atoms with E-state index in [1.165, 1.54) is 0 Å². The van der Waals surface area contributed by atoms with Crippen molar-refractivity contribution in [2.75, 3.05) is 6.54 Å². The number of hydrogen-bond acceptors (Lipinski definition) is 3. The molecule has 0 spiro atoms. The number of nitrogens with one attached hydrogen (secondary N) is 1. The molecule has 98 valence electrons. The lowest BCUT2D eigenvalue weighted by Gasteiger charge is -2.16. The van der Waals surface area contributed by atoms with E-state index < -0.39 is 0 Å². The molecular weight excluding hydrogens is 226 g/mol. The largest absolute Gasteiger partial charge is 0.340 e. The fourth-order valence-corrected chi connectivity index (χ4v) is 2.14. The third-order valence-electron chi connectivity index (χ3n) is 3.06. The van der Waals surface area contributed by atoms with Crippen LogP contribution in [0.25, 0.3) is 0 Å². The minimum atomic E-state index is 0.226. The maximum atomic E-state index is 4.43. The van der Waals surface area contributed by atoms with Gasteiger partial charge in [-0.15, -0.1) is 0 Å². The highest BCUT2D eigenvalue weighted by Gasteiger charge is 2.16. The van der Waals surface area contributed by atoms with Crippen molar-refractivity contribution in [3.63, 3.8) is 0 Å². The molecule has 2 rings (SSSR count). The predicted octanol–water partition coefficient (Wildman–Crippen LogP) is 1.53. The third-order valence-corrected chi connectivity index (χ3v) is 3.06. The summed E-state index contributed by atoms with van der Waals surface area (Å²) in [6.45, 7) is 6.13. The van der Waals surface area contributed by atoms with Crippen LogP contribution in [0.1, 0.15) is 31.4 Å². The molecule has 0 aliphatic rings. The van der Waals surface area contributed by atoms with Crippen LogP contribution >= 0.6 is 0 Å². The second-order valence-electron chi connectivity index (χ2n) is 4.41. The number of aromatic nitrogens is 4. The van der Waals surface area contributed by atoms with Crippen molar-refractivity contribution in [3.05, 3.63) is 36.4 Å². The van der Waals surface area contributed by atoms with Gasteiger partial charge in [-0.05, 0) is 13.5 Å². The summed E-state index contributed by atoms with van der Waals surface area (Å²) in [7, 11) is 1.99. The second-order valence-corrected chi connectivity index (χ2v) is 4.41. The van der Waals surface area contributed by atoms with E-state index in [4.69, 9.17) is 0 Å². The van der Waals surface area contributed by atoms with Crippen molar-refractivity contribution >= 4 is 0 Å². The molecule has 0 amide bonds. The Balaban J connectivity index is 2.16. The lowest BCUT2D eigenvalue weighted by molar-refractivity contribution is 0.512. The van der Waals surface area contributed by atoms with Gasteiger partial charge in [0.05, 0.1) is 18.1 Å². The van der Waals surface area contributed by atoms with Gasteiger partial charge in [0.2, 0.25) is 0 Å². The third kappa shape index (κ3) is 2.79. The predicted molar refractivity (Wildman–Crippen MR) is 71.2 cm³/mol. The molecule has 5 nitrogen and oxygen atoms in total. The summed E-state index contributed by atoms with van der Waals surface area (Å²) in [4.78, 5) is 8.86. The van der Waals surface area contributed by atoms with Crippen LogP contribution in [0, 0.1) is 0 Å². The van der Waals surface area contributed by atoms with E-state index in [1.54, 1.807) is 0 Å². The second kappa shape index (κ2) is 5.82. The molecule has 2 aromatic rings. The number of hydrogen-bond donors (Lipinski definition) is 1. The van der Waals surface area contributed by atoms with Crippen LogP contribution in [0.2, 0.25) is 0 Å². The molecule has 2 heterocycles. The van der Waals surface area contributed by atoms with Gasteiger partial charge in [0.25, 0.3) is 0 Å². The van der Waals surface area contributed by atoms with Gasteiger partial charge >= 0.3 is 0 Å². The molecule has 1 unspecified atom stereocenters. The summed E-state index contributed by atoms with van der Waals surface area (Å²) in [5.74, 6) is 1.11. The molecule has 0 saturated heterocycles. The normalized spacial score (nSPS) is 12.8. The van der Waals surface area contributed by atoms with Gasteiger partial charge in [0.15, 0.2) is 0 Å². The topological polar surface area (TPSA) is 47.7 Å². The summed E-state index contributed by atoms with van der Waals surface area (Å²) in [6.07, 6.45) is 8.65. The smallest absolute Gasteiger partial charge is 0.110 e. The SMILES string of the molecule is CCNC(Cc1nccn1CC)c1cn(C)cn1. The van der Waals surface area contributed by atoms with Crippen LogP contribution in [0.4, 0.5) is 0 Å². The van der Waals surface area contributed by atoms with Crippen molar-refractivity contribution in [1.29, 1.82) is 0 Å². The summed E-state index contributed by atoms with van der Waals surface area (Å²) in [5.41, 5.74) is 1.07. The van der Waals surface area contributed by atoms with Gasteiger partial charge in [-0.3, -0.25) is 0 Å². The van der Waals surface area contributed by atoms with Crippen molar-refractivity contribution in [2.45, 2.75) is 32.9 Å². The molecular formula is C13H21N5. The van der Waals surface area contributed by atoms with E-state index in [1.807, 2.05) is 30.3 Å². The fourth-order valence-electron chi connectivity index (χ4n) is 2.14. The van der Waals surface area contributed by atoms with Gasteiger partial charge in [0.1, 0.15) is 5.82 Å². The molecule has 0 radical (unpaired) electrons. The summed E-state index contributed by atoms with van der Waals surface area (Å²) in [5, 5.41) is 3.47. The summed E-state index contributed by atoms with van der Waals surface area (Å²) >= 11 is 0. The first-order valence-corrected chi connectivity index (χ1v) is 6.45. The number of imidazole rings is 2. The van der Waals surface area contributed by atoms with Gasteiger partial charge in [-0.25, -0.2) is 9.97 Å². The molecule has 1 atom stereocenters. The Hall–Kier alpha value is -1.62. The highest BCUT2D eigenvalue weighted by molar-refractivity contribution is 5.08.